The van der Waals surface area contributed by atoms with E-state index in [2.05, 4.69) is 103 Å². The largest absolute Gasteiger partial charge is 0.460 e. The van der Waals surface area contributed by atoms with Crippen LogP contribution in [-0.2, 0) is 9.59 Å². The van der Waals surface area contributed by atoms with Crippen molar-refractivity contribution in [1.82, 2.24) is 0 Å². The minimum absolute atomic E-state index is 0.0815. The second kappa shape index (κ2) is 12.6. The van der Waals surface area contributed by atoms with Crippen molar-refractivity contribution in [3.63, 3.8) is 0 Å². The molecule has 0 atom stereocenters. The van der Waals surface area contributed by atoms with Gasteiger partial charge in [-0.2, -0.15) is 0 Å². The zero-order valence-electron chi connectivity index (χ0n) is 29.3. The molecule has 2 aliphatic heterocycles. The number of ether oxygens (including phenoxy) is 2. The Balaban J connectivity index is 1.50. The maximum atomic E-state index is 13.7. The van der Waals surface area contributed by atoms with Gasteiger partial charge in [-0.05, 0) is 75.3 Å². The Morgan fingerprint density at radius 1 is 0.609 bits per heavy atom. The Labute approximate surface area is 275 Å². The van der Waals surface area contributed by atoms with Crippen LogP contribution in [-0.4, -0.2) is 37.7 Å². The fraction of sp³-hybridized carbons (Fsp3) is 0.450. The molecular weight excluding hydrogens is 572 g/mol. The first-order valence-corrected chi connectivity index (χ1v) is 16.8. The molecule has 0 N–H and O–H groups in total. The van der Waals surface area contributed by atoms with Crippen LogP contribution in [0.3, 0.4) is 0 Å². The average Bonchev–Trinajstić information content (AvgIpc) is 3.01. The molecule has 3 aliphatic rings. The standard InChI is InChI=1S/C40H50N2O4/c1-11-41(12-2)27-15-17-29-25(21-35(39(5,6)7)45-33(29)23-27)19-31-37(43)32(38(31)44)20-26-22-36(40(8,9)10)46-34-24-28(16-18-30(26)34)42(13-3)14-4/h15-24,31-32H,11-14H2,1-10H3/b25-19+,26-20+. The van der Waals surface area contributed by atoms with Crippen LogP contribution < -0.4 is 19.3 Å². The van der Waals surface area contributed by atoms with Gasteiger partial charge in [0.15, 0.2) is 11.6 Å². The zero-order chi connectivity index (χ0) is 33.6. The van der Waals surface area contributed by atoms with Gasteiger partial charge in [-0.25, -0.2) is 0 Å². The molecule has 1 aliphatic carbocycles. The Morgan fingerprint density at radius 2 is 0.957 bits per heavy atom. The normalized spacial score (nSPS) is 21.1. The lowest BCUT2D eigenvalue weighted by atomic mass is 9.69. The molecule has 6 heteroatoms. The summed E-state index contributed by atoms with van der Waals surface area (Å²) in [4.78, 5) is 32.0. The van der Waals surface area contributed by atoms with Crippen LogP contribution in [0.1, 0.15) is 80.4 Å². The molecule has 0 amide bonds. The molecule has 0 radical (unpaired) electrons. The molecule has 2 heterocycles. The lowest BCUT2D eigenvalue weighted by molar-refractivity contribution is -0.145. The summed E-state index contributed by atoms with van der Waals surface area (Å²) in [5.74, 6) is 1.37. The average molecular weight is 623 g/mol. The van der Waals surface area contributed by atoms with Crippen LogP contribution in [0.5, 0.6) is 11.5 Å². The number of hydrogen-bond donors (Lipinski definition) is 0. The summed E-state index contributed by atoms with van der Waals surface area (Å²) in [6, 6.07) is 12.4. The van der Waals surface area contributed by atoms with E-state index in [1.165, 1.54) is 0 Å². The molecule has 0 saturated heterocycles. The van der Waals surface area contributed by atoms with Gasteiger partial charge in [0.05, 0.1) is 11.8 Å². The van der Waals surface area contributed by atoms with E-state index in [-0.39, 0.29) is 22.4 Å². The molecule has 2 aromatic rings. The summed E-state index contributed by atoms with van der Waals surface area (Å²) in [5, 5.41) is 0. The molecule has 5 rings (SSSR count). The SMILES string of the molecule is CCN(CC)c1ccc2c(c1)OC(C(C)(C)C)=C/C2=C\C1C(=O)C(/C=C2\C=C(C(C)(C)C)Oc3cc(N(CC)CC)ccc32)C1=O. The highest BCUT2D eigenvalue weighted by Crippen LogP contribution is 2.45. The minimum atomic E-state index is -0.793. The number of rotatable bonds is 8. The molecule has 2 aromatic carbocycles. The second-order valence-electron chi connectivity index (χ2n) is 14.4. The van der Waals surface area contributed by atoms with Gasteiger partial charge in [-0.3, -0.25) is 9.59 Å². The quantitative estimate of drug-likeness (QED) is 0.274. The van der Waals surface area contributed by atoms with E-state index in [1.807, 2.05) is 36.4 Å². The van der Waals surface area contributed by atoms with E-state index >= 15 is 0 Å². The highest BCUT2D eigenvalue weighted by Gasteiger charge is 2.47. The van der Waals surface area contributed by atoms with E-state index in [0.717, 1.165) is 82.8 Å². The zero-order valence-corrected chi connectivity index (χ0v) is 29.3. The van der Waals surface area contributed by atoms with Crippen LogP contribution >= 0.6 is 0 Å². The fourth-order valence-electron chi connectivity index (χ4n) is 6.25. The van der Waals surface area contributed by atoms with Crippen molar-refractivity contribution in [2.24, 2.45) is 22.7 Å². The van der Waals surface area contributed by atoms with E-state index in [9.17, 15) is 9.59 Å². The lowest BCUT2D eigenvalue weighted by Crippen LogP contribution is -2.46. The monoisotopic (exact) mass is 622 g/mol. The Morgan fingerprint density at radius 3 is 1.26 bits per heavy atom. The first-order chi connectivity index (χ1) is 21.7. The summed E-state index contributed by atoms with van der Waals surface area (Å²) < 4.78 is 12.8. The number of ketones is 2. The van der Waals surface area contributed by atoms with Crippen LogP contribution in [0.25, 0.3) is 11.1 Å². The van der Waals surface area contributed by atoms with Gasteiger partial charge in [0.25, 0.3) is 0 Å². The summed E-state index contributed by atoms with van der Waals surface area (Å²) in [6.07, 6.45) is 7.67. The summed E-state index contributed by atoms with van der Waals surface area (Å²) in [5.41, 5.74) is 5.17. The number of nitrogens with zero attached hydrogens (tertiary/aromatic N) is 2. The van der Waals surface area contributed by atoms with Crippen LogP contribution in [0.2, 0.25) is 0 Å². The Kier molecular flexibility index (Phi) is 9.14. The third-order valence-electron chi connectivity index (χ3n) is 9.22. The van der Waals surface area contributed by atoms with Gasteiger partial charge in [-0.15, -0.1) is 0 Å². The van der Waals surface area contributed by atoms with E-state index in [4.69, 9.17) is 9.47 Å². The van der Waals surface area contributed by atoms with Crippen molar-refractivity contribution < 1.29 is 19.1 Å². The van der Waals surface area contributed by atoms with Gasteiger partial charge >= 0.3 is 0 Å². The molecule has 1 fully saturated rings. The number of benzene rings is 2. The molecule has 1 saturated carbocycles. The van der Waals surface area contributed by atoms with E-state index in [0.29, 0.717) is 0 Å². The Hall–Kier alpha value is -4.06. The Bertz CT molecular complexity index is 1520. The van der Waals surface area contributed by atoms with Gasteiger partial charge in [0, 0.05) is 71.6 Å². The maximum Gasteiger partial charge on any atom is 0.161 e. The first kappa shape index (κ1) is 33.3. The van der Waals surface area contributed by atoms with Gasteiger partial charge in [0.1, 0.15) is 23.0 Å². The van der Waals surface area contributed by atoms with Crippen molar-refractivity contribution in [3.8, 4) is 11.5 Å². The number of carbonyl (C=O) groups excluding carboxylic acids is 2. The molecule has 0 bridgehead atoms. The number of fused-ring (bicyclic) bond motifs is 2. The van der Waals surface area contributed by atoms with Crippen molar-refractivity contribution in [2.45, 2.75) is 69.2 Å². The number of allylic oxidation sites excluding steroid dienone is 8. The highest BCUT2D eigenvalue weighted by molar-refractivity contribution is 6.27. The van der Waals surface area contributed by atoms with Gasteiger partial charge in [-0.1, -0.05) is 53.7 Å². The van der Waals surface area contributed by atoms with Crippen molar-refractivity contribution >= 4 is 34.1 Å². The minimum Gasteiger partial charge on any atom is -0.460 e. The summed E-state index contributed by atoms with van der Waals surface area (Å²) >= 11 is 0. The second-order valence-corrected chi connectivity index (χ2v) is 14.4. The summed E-state index contributed by atoms with van der Waals surface area (Å²) in [7, 11) is 0. The van der Waals surface area contributed by atoms with E-state index < -0.39 is 11.8 Å². The number of carbonyl (C=O) groups is 2. The van der Waals surface area contributed by atoms with Crippen LogP contribution in [0.4, 0.5) is 11.4 Å². The number of Topliss-reactive ketones (excluding diaryl/α,β-unsaturated/α-hetero) is 2. The third-order valence-corrected chi connectivity index (χ3v) is 9.22. The molecular formula is C40H50N2O4. The predicted octanol–water partition coefficient (Wildman–Crippen LogP) is 8.88. The fourth-order valence-corrected chi connectivity index (χ4v) is 6.25. The molecule has 0 unspecified atom stereocenters. The topological polar surface area (TPSA) is 59.1 Å². The van der Waals surface area contributed by atoms with Crippen LogP contribution in [0, 0.1) is 22.7 Å². The maximum absolute atomic E-state index is 13.7. The summed E-state index contributed by atoms with van der Waals surface area (Å²) in [6.45, 7) is 24.7. The lowest BCUT2D eigenvalue weighted by Gasteiger charge is -2.33. The predicted molar refractivity (Wildman–Crippen MR) is 189 cm³/mol. The molecule has 46 heavy (non-hydrogen) atoms. The molecule has 0 spiro atoms. The highest BCUT2D eigenvalue weighted by atomic mass is 16.5. The van der Waals surface area contributed by atoms with Gasteiger partial charge < -0.3 is 19.3 Å². The molecule has 6 nitrogen and oxygen atoms in total. The first-order valence-electron chi connectivity index (χ1n) is 16.8. The number of anilines is 2. The van der Waals surface area contributed by atoms with Crippen molar-refractivity contribution in [1.29, 1.82) is 0 Å². The number of hydrogen-bond acceptors (Lipinski definition) is 6. The molecule has 244 valence electrons. The van der Waals surface area contributed by atoms with Crippen molar-refractivity contribution in [3.05, 3.63) is 83.3 Å². The third kappa shape index (κ3) is 6.31. The molecule has 0 aromatic heterocycles. The van der Waals surface area contributed by atoms with E-state index in [1.54, 1.807) is 0 Å². The van der Waals surface area contributed by atoms with Crippen molar-refractivity contribution in [2.75, 3.05) is 36.0 Å². The van der Waals surface area contributed by atoms with Crippen LogP contribution in [0.15, 0.2) is 72.2 Å². The smallest absolute Gasteiger partial charge is 0.161 e. The van der Waals surface area contributed by atoms with Gasteiger partial charge in [0.2, 0.25) is 0 Å².